The van der Waals surface area contributed by atoms with Crippen molar-refractivity contribution in [3.63, 3.8) is 0 Å². The van der Waals surface area contributed by atoms with Crippen LogP contribution in [0.15, 0.2) is 0 Å². The summed E-state index contributed by atoms with van der Waals surface area (Å²) in [6, 6.07) is 0. The third-order valence-electron chi connectivity index (χ3n) is 3.45. The van der Waals surface area contributed by atoms with Crippen LogP contribution in [0.1, 0.15) is 39.0 Å². The number of nitrogens with one attached hydrogen (secondary N) is 1. The molecule has 0 heterocycles. The average Bonchev–Trinajstić information content (AvgIpc) is 2.26. The number of amides is 1. The summed E-state index contributed by atoms with van der Waals surface area (Å²) in [5, 5.41) is 11.8. The highest BCUT2D eigenvalue weighted by atomic mass is 19.4. The van der Waals surface area contributed by atoms with Crippen LogP contribution in [-0.4, -0.2) is 29.3 Å². The molecule has 0 radical (unpaired) electrons. The van der Waals surface area contributed by atoms with Crippen LogP contribution in [-0.2, 0) is 4.79 Å². The molecule has 6 heteroatoms. The summed E-state index contributed by atoms with van der Waals surface area (Å²) in [6.07, 6.45) is -1.36. The van der Waals surface area contributed by atoms with Gasteiger partial charge in [-0.05, 0) is 31.6 Å². The van der Waals surface area contributed by atoms with Crippen LogP contribution in [0.4, 0.5) is 13.2 Å². The molecule has 0 atom stereocenters. The highest BCUT2D eigenvalue weighted by Gasteiger charge is 2.40. The summed E-state index contributed by atoms with van der Waals surface area (Å²) < 4.78 is 35.9. The molecule has 0 saturated heterocycles. The van der Waals surface area contributed by atoms with Crippen molar-refractivity contribution in [1.82, 2.24) is 5.32 Å². The van der Waals surface area contributed by atoms with E-state index in [1.54, 1.807) is 5.32 Å². The molecule has 0 spiro atoms. The lowest BCUT2D eigenvalue weighted by atomic mass is 9.78. The third-order valence-corrected chi connectivity index (χ3v) is 3.45. The minimum Gasteiger partial charge on any atom is -0.388 e. The largest absolute Gasteiger partial charge is 0.471 e. The highest BCUT2D eigenvalue weighted by molar-refractivity contribution is 5.81. The number of carbonyl (C=O) groups excluding carboxylic acids is 1. The molecule has 0 aromatic carbocycles. The van der Waals surface area contributed by atoms with Gasteiger partial charge in [-0.1, -0.05) is 13.3 Å². The fraction of sp³-hybridized carbons (Fsp3) is 0.909. The maximum absolute atomic E-state index is 12.0. The van der Waals surface area contributed by atoms with Crippen LogP contribution in [0.25, 0.3) is 0 Å². The molecule has 0 aromatic heterocycles. The highest BCUT2D eigenvalue weighted by Crippen LogP contribution is 2.33. The van der Waals surface area contributed by atoms with E-state index in [1.807, 2.05) is 0 Å². The van der Waals surface area contributed by atoms with E-state index in [9.17, 15) is 23.1 Å². The predicted molar refractivity (Wildman–Crippen MR) is 56.3 cm³/mol. The summed E-state index contributed by atoms with van der Waals surface area (Å²) in [4.78, 5) is 10.6. The van der Waals surface area contributed by atoms with Gasteiger partial charge in [0.1, 0.15) is 0 Å². The quantitative estimate of drug-likeness (QED) is 0.808. The van der Waals surface area contributed by atoms with Gasteiger partial charge in [0, 0.05) is 6.54 Å². The van der Waals surface area contributed by atoms with E-state index < -0.39 is 17.7 Å². The van der Waals surface area contributed by atoms with E-state index in [2.05, 4.69) is 6.92 Å². The Balaban J connectivity index is 2.39. The third kappa shape index (κ3) is 4.18. The van der Waals surface area contributed by atoms with Crippen LogP contribution in [0.2, 0.25) is 0 Å². The van der Waals surface area contributed by atoms with Crippen molar-refractivity contribution in [2.75, 3.05) is 6.54 Å². The summed E-state index contributed by atoms with van der Waals surface area (Å²) in [5.74, 6) is -1.45. The monoisotopic (exact) mass is 253 g/mol. The first-order valence-electron chi connectivity index (χ1n) is 5.84. The molecule has 1 saturated carbocycles. The maximum Gasteiger partial charge on any atom is 0.471 e. The van der Waals surface area contributed by atoms with Gasteiger partial charge in [0.2, 0.25) is 0 Å². The fourth-order valence-corrected chi connectivity index (χ4v) is 2.14. The minimum absolute atomic E-state index is 0.318. The fourth-order valence-electron chi connectivity index (χ4n) is 2.14. The van der Waals surface area contributed by atoms with Gasteiger partial charge in [-0.3, -0.25) is 4.79 Å². The Labute approximate surface area is 98.4 Å². The number of hydrogen-bond acceptors (Lipinski definition) is 2. The Morgan fingerprint density at radius 2 is 1.94 bits per heavy atom. The lowest BCUT2D eigenvalue weighted by molar-refractivity contribution is -0.174. The van der Waals surface area contributed by atoms with Crippen molar-refractivity contribution in [1.29, 1.82) is 0 Å². The van der Waals surface area contributed by atoms with E-state index >= 15 is 0 Å². The molecule has 1 amide bonds. The molecule has 17 heavy (non-hydrogen) atoms. The van der Waals surface area contributed by atoms with Gasteiger partial charge in [-0.25, -0.2) is 0 Å². The van der Waals surface area contributed by atoms with Gasteiger partial charge >= 0.3 is 12.1 Å². The first-order chi connectivity index (χ1) is 7.77. The van der Waals surface area contributed by atoms with Crippen molar-refractivity contribution in [2.45, 2.75) is 50.8 Å². The van der Waals surface area contributed by atoms with E-state index in [4.69, 9.17) is 0 Å². The van der Waals surface area contributed by atoms with Gasteiger partial charge in [0.15, 0.2) is 0 Å². The van der Waals surface area contributed by atoms with E-state index in [1.165, 1.54) is 0 Å². The standard InChI is InChI=1S/C11H18F3NO2/c1-2-8-3-5-10(17,6-4-8)7-15-9(16)11(12,13)14/h8,17H,2-7H2,1H3,(H,15,16). The van der Waals surface area contributed by atoms with Crippen LogP contribution >= 0.6 is 0 Å². The zero-order valence-electron chi connectivity index (χ0n) is 9.81. The summed E-state index contributed by atoms with van der Waals surface area (Å²) in [7, 11) is 0. The zero-order valence-corrected chi connectivity index (χ0v) is 9.81. The zero-order chi connectivity index (χ0) is 13.1. The van der Waals surface area contributed by atoms with Crippen molar-refractivity contribution in [3.05, 3.63) is 0 Å². The smallest absolute Gasteiger partial charge is 0.388 e. The van der Waals surface area contributed by atoms with Crippen molar-refractivity contribution in [2.24, 2.45) is 5.92 Å². The summed E-state index contributed by atoms with van der Waals surface area (Å²) in [5.41, 5.74) is -1.17. The molecule has 0 aromatic rings. The first-order valence-corrected chi connectivity index (χ1v) is 5.84. The Hall–Kier alpha value is -0.780. The lowest BCUT2D eigenvalue weighted by Crippen LogP contribution is -2.48. The maximum atomic E-state index is 12.0. The molecule has 0 bridgehead atoms. The van der Waals surface area contributed by atoms with Crippen LogP contribution < -0.4 is 5.32 Å². The van der Waals surface area contributed by atoms with E-state index in [0.29, 0.717) is 18.8 Å². The Morgan fingerprint density at radius 1 is 1.41 bits per heavy atom. The lowest BCUT2D eigenvalue weighted by Gasteiger charge is -2.35. The number of carbonyl (C=O) groups is 1. The summed E-state index contributed by atoms with van der Waals surface area (Å²) in [6.45, 7) is 1.74. The topological polar surface area (TPSA) is 49.3 Å². The van der Waals surface area contributed by atoms with Crippen LogP contribution in [0.3, 0.4) is 0 Å². The molecule has 0 aliphatic heterocycles. The molecule has 1 aliphatic carbocycles. The van der Waals surface area contributed by atoms with Gasteiger partial charge in [0.25, 0.3) is 0 Å². The normalized spacial score (nSPS) is 30.1. The van der Waals surface area contributed by atoms with Gasteiger partial charge in [-0.15, -0.1) is 0 Å². The molecule has 2 N–H and O–H groups in total. The molecule has 1 rings (SSSR count). The molecule has 3 nitrogen and oxygen atoms in total. The minimum atomic E-state index is -4.88. The van der Waals surface area contributed by atoms with Crippen molar-refractivity contribution >= 4 is 5.91 Å². The molecular weight excluding hydrogens is 235 g/mol. The Morgan fingerprint density at radius 3 is 2.35 bits per heavy atom. The number of aliphatic hydroxyl groups is 1. The summed E-state index contributed by atoms with van der Waals surface area (Å²) >= 11 is 0. The molecule has 1 fully saturated rings. The number of halogens is 3. The Bertz CT molecular complexity index is 270. The van der Waals surface area contributed by atoms with Gasteiger partial charge < -0.3 is 10.4 Å². The molecular formula is C11H18F3NO2. The predicted octanol–water partition coefficient (Wildman–Crippen LogP) is 2.00. The molecule has 1 aliphatic rings. The SMILES string of the molecule is CCC1CCC(O)(CNC(=O)C(F)(F)F)CC1. The Kier molecular flexibility index (Phi) is 4.41. The first kappa shape index (κ1) is 14.3. The van der Waals surface area contributed by atoms with E-state index in [-0.39, 0.29) is 6.54 Å². The molecule has 0 unspecified atom stereocenters. The average molecular weight is 253 g/mol. The molecule has 100 valence electrons. The second kappa shape index (κ2) is 5.25. The van der Waals surface area contributed by atoms with Crippen LogP contribution in [0, 0.1) is 5.92 Å². The number of hydrogen-bond donors (Lipinski definition) is 2. The van der Waals surface area contributed by atoms with Gasteiger partial charge in [0.05, 0.1) is 5.60 Å². The number of rotatable bonds is 3. The van der Waals surface area contributed by atoms with Gasteiger partial charge in [-0.2, -0.15) is 13.2 Å². The second-order valence-electron chi connectivity index (χ2n) is 4.76. The van der Waals surface area contributed by atoms with Crippen molar-refractivity contribution < 1.29 is 23.1 Å². The van der Waals surface area contributed by atoms with Crippen molar-refractivity contribution in [3.8, 4) is 0 Å². The second-order valence-corrected chi connectivity index (χ2v) is 4.76. The number of alkyl halides is 3. The van der Waals surface area contributed by atoms with E-state index in [0.717, 1.165) is 19.3 Å². The van der Waals surface area contributed by atoms with Crippen LogP contribution in [0.5, 0.6) is 0 Å².